The number of non-ortho nitro benzene ring substituents is 1. The number of halogens is 1. The summed E-state index contributed by atoms with van der Waals surface area (Å²) in [6, 6.07) is 11.6. The van der Waals surface area contributed by atoms with Crippen molar-refractivity contribution in [2.75, 3.05) is 18.2 Å². The second-order valence-electron chi connectivity index (χ2n) is 4.44. The number of rotatable bonds is 6. The Morgan fingerprint density at radius 3 is 2.78 bits per heavy atom. The summed E-state index contributed by atoms with van der Waals surface area (Å²) in [5.41, 5.74) is 0.451. The molecule has 0 aliphatic rings. The van der Waals surface area contributed by atoms with Gasteiger partial charge in [-0.15, -0.1) is 11.8 Å². The van der Waals surface area contributed by atoms with Gasteiger partial charge in [0.1, 0.15) is 5.75 Å². The zero-order chi connectivity index (χ0) is 16.8. The van der Waals surface area contributed by atoms with E-state index in [0.29, 0.717) is 10.2 Å². The summed E-state index contributed by atoms with van der Waals surface area (Å²) in [6.45, 7) is 0. The lowest BCUT2D eigenvalue weighted by atomic mass is 10.3. The Bertz CT molecular complexity index is 739. The molecule has 0 fully saturated rings. The first-order valence-electron chi connectivity index (χ1n) is 6.50. The average Bonchev–Trinajstić information content (AvgIpc) is 2.55. The van der Waals surface area contributed by atoms with Gasteiger partial charge >= 0.3 is 0 Å². The number of carbonyl (C=O) groups is 1. The van der Waals surface area contributed by atoms with Gasteiger partial charge in [-0.25, -0.2) is 0 Å². The Morgan fingerprint density at radius 2 is 2.13 bits per heavy atom. The predicted octanol–water partition coefficient (Wildman–Crippen LogP) is 4.10. The summed E-state index contributed by atoms with van der Waals surface area (Å²) in [5, 5.41) is 13.4. The van der Waals surface area contributed by atoms with E-state index in [1.165, 1.54) is 30.0 Å². The highest BCUT2D eigenvalue weighted by molar-refractivity contribution is 9.10. The number of nitro benzene ring substituents is 1. The van der Waals surface area contributed by atoms with Crippen molar-refractivity contribution in [3.8, 4) is 5.75 Å². The van der Waals surface area contributed by atoms with Gasteiger partial charge in [-0.05, 0) is 40.2 Å². The third-order valence-corrected chi connectivity index (χ3v) is 4.50. The van der Waals surface area contributed by atoms with Crippen molar-refractivity contribution in [1.82, 2.24) is 0 Å². The molecule has 0 atom stereocenters. The molecule has 0 aliphatic heterocycles. The van der Waals surface area contributed by atoms with Crippen LogP contribution in [0.5, 0.6) is 5.75 Å². The molecule has 2 rings (SSSR count). The third kappa shape index (κ3) is 4.97. The lowest BCUT2D eigenvalue weighted by molar-refractivity contribution is -0.384. The van der Waals surface area contributed by atoms with Crippen LogP contribution in [0.3, 0.4) is 0 Å². The first-order valence-corrected chi connectivity index (χ1v) is 8.28. The van der Waals surface area contributed by atoms with Crippen LogP contribution < -0.4 is 10.1 Å². The molecule has 8 heteroatoms. The molecule has 0 aliphatic carbocycles. The van der Waals surface area contributed by atoms with E-state index >= 15 is 0 Å². The number of methoxy groups -OCH3 is 1. The average molecular weight is 397 g/mol. The number of hydrogen-bond donors (Lipinski definition) is 1. The normalized spacial score (nSPS) is 10.2. The van der Waals surface area contributed by atoms with Crippen molar-refractivity contribution in [2.45, 2.75) is 4.90 Å². The number of nitro groups is 1. The standard InChI is InChI=1S/C15H13BrN2O4S/c1-22-11-3-2-4-12(8-11)23-9-15(19)17-14-6-5-10(18(20)21)7-13(14)16/h2-8H,9H2,1H3,(H,17,19). The molecular weight excluding hydrogens is 384 g/mol. The van der Waals surface area contributed by atoms with Gasteiger partial charge in [0, 0.05) is 21.5 Å². The Hall–Kier alpha value is -2.06. The summed E-state index contributed by atoms with van der Waals surface area (Å²) < 4.78 is 5.59. The van der Waals surface area contributed by atoms with Crippen molar-refractivity contribution in [3.63, 3.8) is 0 Å². The molecule has 120 valence electrons. The van der Waals surface area contributed by atoms with Crippen molar-refractivity contribution < 1.29 is 14.5 Å². The van der Waals surface area contributed by atoms with E-state index in [4.69, 9.17) is 4.74 Å². The SMILES string of the molecule is COc1cccc(SCC(=O)Nc2ccc([N+](=O)[O-])cc2Br)c1. The van der Waals surface area contributed by atoms with Crippen molar-refractivity contribution >= 4 is 45.0 Å². The van der Waals surface area contributed by atoms with Crippen LogP contribution in [-0.4, -0.2) is 23.7 Å². The maximum Gasteiger partial charge on any atom is 0.270 e. The van der Waals surface area contributed by atoms with Crippen LogP contribution in [0.1, 0.15) is 0 Å². The number of carbonyl (C=O) groups excluding carboxylic acids is 1. The van der Waals surface area contributed by atoms with E-state index in [1.54, 1.807) is 7.11 Å². The van der Waals surface area contributed by atoms with Crippen molar-refractivity contribution in [2.24, 2.45) is 0 Å². The maximum atomic E-state index is 12.0. The fourth-order valence-corrected chi connectivity index (χ4v) is 2.96. The van der Waals surface area contributed by atoms with E-state index in [0.717, 1.165) is 10.6 Å². The van der Waals surface area contributed by atoms with Crippen molar-refractivity contribution in [3.05, 3.63) is 57.1 Å². The van der Waals surface area contributed by atoms with Crippen molar-refractivity contribution in [1.29, 1.82) is 0 Å². The molecule has 23 heavy (non-hydrogen) atoms. The predicted molar refractivity (Wildman–Crippen MR) is 93.1 cm³/mol. The van der Waals surface area contributed by atoms with Crippen LogP contribution in [0.4, 0.5) is 11.4 Å². The molecule has 1 N–H and O–H groups in total. The monoisotopic (exact) mass is 396 g/mol. The minimum Gasteiger partial charge on any atom is -0.497 e. The number of benzene rings is 2. The van der Waals surface area contributed by atoms with Gasteiger partial charge in [0.2, 0.25) is 5.91 Å². The van der Waals surface area contributed by atoms with Gasteiger partial charge in [-0.2, -0.15) is 0 Å². The van der Waals surface area contributed by atoms with Crippen LogP contribution >= 0.6 is 27.7 Å². The first kappa shape index (κ1) is 17.3. The number of hydrogen-bond acceptors (Lipinski definition) is 5. The van der Waals surface area contributed by atoms with E-state index in [2.05, 4.69) is 21.2 Å². The summed E-state index contributed by atoms with van der Waals surface area (Å²) in [4.78, 5) is 23.1. The number of nitrogens with zero attached hydrogens (tertiary/aromatic N) is 1. The van der Waals surface area contributed by atoms with Crippen LogP contribution in [0.15, 0.2) is 51.8 Å². The first-order chi connectivity index (χ1) is 11.0. The molecule has 2 aromatic rings. The second-order valence-corrected chi connectivity index (χ2v) is 6.34. The van der Waals surface area contributed by atoms with Gasteiger partial charge in [0.25, 0.3) is 5.69 Å². The van der Waals surface area contributed by atoms with E-state index in [1.807, 2.05) is 24.3 Å². The highest BCUT2D eigenvalue weighted by atomic mass is 79.9. The molecule has 0 unspecified atom stereocenters. The van der Waals surface area contributed by atoms with Crippen LogP contribution in [0.25, 0.3) is 0 Å². The minimum atomic E-state index is -0.491. The Kier molecular flexibility index (Phi) is 6.00. The number of nitrogens with one attached hydrogen (secondary N) is 1. The van der Waals surface area contributed by atoms with E-state index in [-0.39, 0.29) is 17.3 Å². The second kappa shape index (κ2) is 7.98. The molecule has 6 nitrogen and oxygen atoms in total. The number of thioether (sulfide) groups is 1. The smallest absolute Gasteiger partial charge is 0.270 e. The summed E-state index contributed by atoms with van der Waals surface area (Å²) in [7, 11) is 1.59. The Labute approximate surface area is 145 Å². The topological polar surface area (TPSA) is 81.5 Å². The van der Waals surface area contributed by atoms with Gasteiger partial charge in [0.15, 0.2) is 0 Å². The zero-order valence-corrected chi connectivity index (χ0v) is 14.5. The fraction of sp³-hybridized carbons (Fsp3) is 0.133. The molecule has 0 saturated carbocycles. The summed E-state index contributed by atoms with van der Waals surface area (Å²) >= 11 is 4.59. The lowest BCUT2D eigenvalue weighted by Crippen LogP contribution is -2.14. The highest BCUT2D eigenvalue weighted by Crippen LogP contribution is 2.28. The van der Waals surface area contributed by atoms with Crippen LogP contribution in [-0.2, 0) is 4.79 Å². The fourth-order valence-electron chi connectivity index (χ4n) is 1.75. The molecule has 0 saturated heterocycles. The van der Waals surface area contributed by atoms with E-state index < -0.39 is 4.92 Å². The van der Waals surface area contributed by atoms with Gasteiger partial charge in [-0.3, -0.25) is 14.9 Å². The number of anilines is 1. The summed E-state index contributed by atoms with van der Waals surface area (Å²) in [6.07, 6.45) is 0. The molecule has 0 spiro atoms. The number of amides is 1. The van der Waals surface area contributed by atoms with Gasteiger partial charge in [0.05, 0.1) is 23.5 Å². The maximum absolute atomic E-state index is 12.0. The molecular formula is C15H13BrN2O4S. The van der Waals surface area contributed by atoms with Gasteiger partial charge in [-0.1, -0.05) is 6.07 Å². The summed E-state index contributed by atoms with van der Waals surface area (Å²) in [5.74, 6) is 0.747. The minimum absolute atomic E-state index is 0.0411. The molecule has 2 aromatic carbocycles. The molecule has 0 heterocycles. The largest absolute Gasteiger partial charge is 0.497 e. The Morgan fingerprint density at radius 1 is 1.35 bits per heavy atom. The number of ether oxygens (including phenoxy) is 1. The zero-order valence-electron chi connectivity index (χ0n) is 12.1. The highest BCUT2D eigenvalue weighted by Gasteiger charge is 2.11. The Balaban J connectivity index is 1.95. The quantitative estimate of drug-likeness (QED) is 0.451. The third-order valence-electron chi connectivity index (χ3n) is 2.85. The lowest BCUT2D eigenvalue weighted by Gasteiger charge is -2.08. The van der Waals surface area contributed by atoms with Crippen LogP contribution in [0.2, 0.25) is 0 Å². The molecule has 1 amide bonds. The van der Waals surface area contributed by atoms with Gasteiger partial charge < -0.3 is 10.1 Å². The molecule has 0 aromatic heterocycles. The van der Waals surface area contributed by atoms with E-state index in [9.17, 15) is 14.9 Å². The van der Waals surface area contributed by atoms with Crippen LogP contribution in [0, 0.1) is 10.1 Å². The molecule has 0 bridgehead atoms. The molecule has 0 radical (unpaired) electrons.